The number of phosphoric acid groups is 1. The molecule has 1 unspecified atom stereocenters. The lowest BCUT2D eigenvalue weighted by molar-refractivity contribution is -0.153. The van der Waals surface area contributed by atoms with Crippen molar-refractivity contribution in [1.29, 1.82) is 0 Å². The van der Waals surface area contributed by atoms with E-state index in [1.54, 1.807) is 6.26 Å². The van der Waals surface area contributed by atoms with Crippen molar-refractivity contribution in [2.24, 2.45) is 5.73 Å². The highest BCUT2D eigenvalue weighted by atomic mass is 31.2. The molecule has 286 valence electrons. The van der Waals surface area contributed by atoms with E-state index in [1.165, 1.54) is 148 Å². The summed E-state index contributed by atoms with van der Waals surface area (Å²) in [5, 5.41) is 0. The van der Waals surface area contributed by atoms with Gasteiger partial charge in [0, 0.05) is 13.0 Å². The monoisotopic (exact) mass is 704 g/mol. The highest BCUT2D eigenvalue weighted by Crippen LogP contribution is 2.43. The van der Waals surface area contributed by atoms with E-state index in [1.807, 2.05) is 6.08 Å². The maximum atomic E-state index is 12.5. The second-order valence-electron chi connectivity index (χ2n) is 13.6. The van der Waals surface area contributed by atoms with Crippen LogP contribution in [0.2, 0.25) is 0 Å². The van der Waals surface area contributed by atoms with Gasteiger partial charge in [-0.15, -0.1) is 0 Å². The molecule has 0 aromatic carbocycles. The molecule has 0 saturated heterocycles. The minimum atomic E-state index is -4.28. The summed E-state index contributed by atoms with van der Waals surface area (Å²) in [6.07, 6.45) is 38.8. The van der Waals surface area contributed by atoms with Crippen LogP contribution < -0.4 is 5.73 Å². The SMILES string of the molecule is CCCCCCCCCCCCCC/C=C/OC[C@H](COP(=O)(O)OCCN)OC(=O)CCCCCCCCCCCCCCCCC. The molecule has 0 saturated carbocycles. The third-order valence-electron chi connectivity index (χ3n) is 8.78. The molecule has 0 bridgehead atoms. The zero-order valence-electron chi connectivity index (χ0n) is 31.5. The molecule has 0 aromatic rings. The Morgan fingerprint density at radius 1 is 0.625 bits per heavy atom. The Kier molecular flexibility index (Phi) is 36.6. The number of ether oxygens (including phenoxy) is 2. The summed E-state index contributed by atoms with van der Waals surface area (Å²) >= 11 is 0. The highest BCUT2D eigenvalue weighted by Gasteiger charge is 2.25. The van der Waals surface area contributed by atoms with E-state index in [-0.39, 0.29) is 32.3 Å². The molecule has 0 amide bonds. The summed E-state index contributed by atoms with van der Waals surface area (Å²) in [5.74, 6) is -0.349. The Morgan fingerprint density at radius 2 is 1.04 bits per heavy atom. The van der Waals surface area contributed by atoms with Crippen molar-refractivity contribution in [3.63, 3.8) is 0 Å². The van der Waals surface area contributed by atoms with Gasteiger partial charge < -0.3 is 20.1 Å². The van der Waals surface area contributed by atoms with Crippen molar-refractivity contribution in [3.8, 4) is 0 Å². The molecule has 0 aliphatic rings. The van der Waals surface area contributed by atoms with Crippen LogP contribution in [0.4, 0.5) is 0 Å². The lowest BCUT2D eigenvalue weighted by Crippen LogP contribution is -2.27. The molecule has 2 atom stereocenters. The Hall–Kier alpha value is -0.920. The number of allylic oxidation sites excluding steroid dienone is 1. The summed E-state index contributed by atoms with van der Waals surface area (Å²) in [4.78, 5) is 22.4. The Balaban J connectivity index is 4.08. The van der Waals surface area contributed by atoms with E-state index in [2.05, 4.69) is 13.8 Å². The fraction of sp³-hybridized carbons (Fsp3) is 0.923. The van der Waals surface area contributed by atoms with Gasteiger partial charge in [-0.25, -0.2) is 4.57 Å². The minimum absolute atomic E-state index is 0.0381. The van der Waals surface area contributed by atoms with Gasteiger partial charge in [-0.3, -0.25) is 13.8 Å². The largest absolute Gasteiger partial charge is 0.498 e. The maximum Gasteiger partial charge on any atom is 0.472 e. The van der Waals surface area contributed by atoms with Gasteiger partial charge in [0.25, 0.3) is 0 Å². The molecule has 0 aliphatic carbocycles. The van der Waals surface area contributed by atoms with E-state index in [0.717, 1.165) is 32.1 Å². The van der Waals surface area contributed by atoms with Crippen molar-refractivity contribution in [2.75, 3.05) is 26.4 Å². The Morgan fingerprint density at radius 3 is 1.48 bits per heavy atom. The van der Waals surface area contributed by atoms with Crippen molar-refractivity contribution in [2.45, 2.75) is 206 Å². The number of carbonyl (C=O) groups excluding carboxylic acids is 1. The average Bonchev–Trinajstić information content (AvgIpc) is 3.07. The fourth-order valence-electron chi connectivity index (χ4n) is 5.79. The first-order chi connectivity index (χ1) is 23.4. The molecule has 3 N–H and O–H groups in total. The first-order valence-corrected chi connectivity index (χ1v) is 21.7. The van der Waals surface area contributed by atoms with Crippen LogP contribution in [-0.4, -0.2) is 43.3 Å². The summed E-state index contributed by atoms with van der Waals surface area (Å²) in [6.45, 7) is 4.26. The molecule has 0 aliphatic heterocycles. The van der Waals surface area contributed by atoms with Crippen molar-refractivity contribution in [1.82, 2.24) is 0 Å². The summed E-state index contributed by atoms with van der Waals surface area (Å²) in [5.41, 5.74) is 5.35. The molecule has 9 heteroatoms. The predicted molar refractivity (Wildman–Crippen MR) is 201 cm³/mol. The Bertz CT molecular complexity index is 752. The second kappa shape index (κ2) is 37.3. The van der Waals surface area contributed by atoms with Crippen LogP contribution in [-0.2, 0) is 27.9 Å². The molecule has 0 rings (SSSR count). The number of unbranched alkanes of at least 4 members (excludes halogenated alkanes) is 26. The van der Waals surface area contributed by atoms with Crippen LogP contribution in [0.3, 0.4) is 0 Å². The smallest absolute Gasteiger partial charge is 0.472 e. The molecule has 0 radical (unpaired) electrons. The zero-order chi connectivity index (χ0) is 35.2. The third-order valence-corrected chi connectivity index (χ3v) is 9.76. The number of phosphoric ester groups is 1. The first kappa shape index (κ1) is 47.1. The van der Waals surface area contributed by atoms with Crippen molar-refractivity contribution in [3.05, 3.63) is 12.3 Å². The number of rotatable bonds is 39. The van der Waals surface area contributed by atoms with Crippen LogP contribution in [0.5, 0.6) is 0 Å². The predicted octanol–water partition coefficient (Wildman–Crippen LogP) is 11.9. The minimum Gasteiger partial charge on any atom is -0.498 e. The fourth-order valence-corrected chi connectivity index (χ4v) is 6.55. The van der Waals surface area contributed by atoms with Crippen LogP contribution in [0.15, 0.2) is 12.3 Å². The molecular weight excluding hydrogens is 625 g/mol. The third kappa shape index (κ3) is 36.4. The van der Waals surface area contributed by atoms with E-state index < -0.39 is 13.9 Å². The molecule has 0 heterocycles. The van der Waals surface area contributed by atoms with Gasteiger partial charge in [0.15, 0.2) is 6.10 Å². The summed E-state index contributed by atoms with van der Waals surface area (Å²) < 4.78 is 33.1. The molecule has 48 heavy (non-hydrogen) atoms. The first-order valence-electron chi connectivity index (χ1n) is 20.2. The van der Waals surface area contributed by atoms with Crippen LogP contribution in [0.1, 0.15) is 200 Å². The quantitative estimate of drug-likeness (QED) is 0.0281. The van der Waals surface area contributed by atoms with Gasteiger partial charge in [-0.2, -0.15) is 0 Å². The van der Waals surface area contributed by atoms with Gasteiger partial charge >= 0.3 is 13.8 Å². The van der Waals surface area contributed by atoms with E-state index in [4.69, 9.17) is 24.3 Å². The number of esters is 1. The summed E-state index contributed by atoms with van der Waals surface area (Å²) in [7, 11) is -4.28. The Labute approximate surface area is 296 Å². The zero-order valence-corrected chi connectivity index (χ0v) is 32.4. The number of carbonyl (C=O) groups is 1. The molecule has 0 aromatic heterocycles. The van der Waals surface area contributed by atoms with Gasteiger partial charge in [0.05, 0.1) is 19.5 Å². The van der Waals surface area contributed by atoms with Crippen LogP contribution in [0.25, 0.3) is 0 Å². The standard InChI is InChI=1S/C39H78NO7P/c1-3-5-7-9-11-13-15-17-19-20-22-24-26-28-30-32-39(41)47-38(37-46-48(42,43)45-35-33-40)36-44-34-31-29-27-25-23-21-18-16-14-12-10-8-6-4-2/h31,34,38H,3-30,32-33,35-37,40H2,1-2H3,(H,42,43)/b34-31+/t38-/m1/s1. The van der Waals surface area contributed by atoms with Crippen molar-refractivity contribution < 1.29 is 32.8 Å². The summed E-state index contributed by atoms with van der Waals surface area (Å²) in [6, 6.07) is 0. The molecule has 0 fully saturated rings. The van der Waals surface area contributed by atoms with Gasteiger partial charge in [0.1, 0.15) is 6.61 Å². The lowest BCUT2D eigenvalue weighted by Gasteiger charge is -2.19. The molecule has 0 spiro atoms. The average molecular weight is 704 g/mol. The van der Waals surface area contributed by atoms with Gasteiger partial charge in [0.2, 0.25) is 0 Å². The van der Waals surface area contributed by atoms with Crippen molar-refractivity contribution >= 4 is 13.8 Å². The topological polar surface area (TPSA) is 117 Å². The van der Waals surface area contributed by atoms with Crippen LogP contribution in [0, 0.1) is 0 Å². The van der Waals surface area contributed by atoms with E-state index in [9.17, 15) is 14.3 Å². The van der Waals surface area contributed by atoms with Crippen LogP contribution >= 0.6 is 7.82 Å². The number of hydrogen-bond donors (Lipinski definition) is 2. The van der Waals surface area contributed by atoms with Gasteiger partial charge in [-0.05, 0) is 25.3 Å². The lowest BCUT2D eigenvalue weighted by atomic mass is 10.0. The van der Waals surface area contributed by atoms with E-state index in [0.29, 0.717) is 6.42 Å². The number of hydrogen-bond acceptors (Lipinski definition) is 7. The number of nitrogens with two attached hydrogens (primary N) is 1. The molecule has 8 nitrogen and oxygen atoms in total. The highest BCUT2D eigenvalue weighted by molar-refractivity contribution is 7.47. The maximum absolute atomic E-state index is 12.5. The van der Waals surface area contributed by atoms with Gasteiger partial charge in [-0.1, -0.05) is 174 Å². The van der Waals surface area contributed by atoms with E-state index >= 15 is 0 Å². The second-order valence-corrected chi connectivity index (χ2v) is 15.0. The normalized spacial score (nSPS) is 13.6. The molecular formula is C39H78NO7P.